The fourth-order valence-electron chi connectivity index (χ4n) is 4.20. The van der Waals surface area contributed by atoms with Crippen molar-refractivity contribution in [1.82, 2.24) is 4.57 Å². The molecule has 4 nitrogen and oxygen atoms in total. The fraction of sp³-hybridized carbons (Fsp3) is 0.444. The van der Waals surface area contributed by atoms with Crippen LogP contribution in [0.4, 0.5) is 0 Å². The van der Waals surface area contributed by atoms with E-state index in [0.29, 0.717) is 6.73 Å². The highest BCUT2D eigenvalue weighted by Gasteiger charge is 2.44. The molecule has 0 radical (unpaired) electrons. The van der Waals surface area contributed by atoms with Crippen LogP contribution in [0.25, 0.3) is 0 Å². The highest BCUT2D eigenvalue weighted by Crippen LogP contribution is 2.34. The average molecular weight is 422 g/mol. The van der Waals surface area contributed by atoms with E-state index >= 15 is 0 Å². The van der Waals surface area contributed by atoms with Crippen molar-refractivity contribution in [3.05, 3.63) is 90.0 Å². The highest BCUT2D eigenvalue weighted by molar-refractivity contribution is 5.41. The van der Waals surface area contributed by atoms with E-state index in [9.17, 15) is 5.11 Å². The maximum Gasteiger partial charge on any atom is 0.300 e. The fourth-order valence-corrected chi connectivity index (χ4v) is 4.20. The Balaban J connectivity index is 1.72. The Kier molecular flexibility index (Phi) is 8.86. The van der Waals surface area contributed by atoms with E-state index in [1.54, 1.807) is 0 Å². The molecule has 0 aliphatic heterocycles. The minimum Gasteiger partial charge on any atom is -0.370 e. The second-order valence-corrected chi connectivity index (χ2v) is 8.30. The molecule has 0 unspecified atom stereocenters. The Hall–Kier alpha value is -2.43. The topological polar surface area (TPSA) is 38.3 Å². The Labute approximate surface area is 187 Å². The molecule has 0 bridgehead atoms. The lowest BCUT2D eigenvalue weighted by Gasteiger charge is -2.26. The first kappa shape index (κ1) is 23.2. The zero-order valence-electron chi connectivity index (χ0n) is 19.0. The molecule has 3 aromatic rings. The van der Waals surface area contributed by atoms with Crippen LogP contribution >= 0.6 is 0 Å². The van der Waals surface area contributed by atoms with Crippen molar-refractivity contribution in [3.63, 3.8) is 0 Å². The summed E-state index contributed by atoms with van der Waals surface area (Å²) in [5.41, 5.74) is 0.399. The minimum absolute atomic E-state index is 0.425. The van der Waals surface area contributed by atoms with E-state index in [0.717, 1.165) is 30.0 Å². The first-order valence-corrected chi connectivity index (χ1v) is 11.6. The maximum absolute atomic E-state index is 12.1. The number of hydrogen-bond acceptors (Lipinski definition) is 2. The summed E-state index contributed by atoms with van der Waals surface area (Å²) in [5, 5.41) is 12.1. The molecule has 4 heteroatoms. The number of nitrogens with zero attached hydrogens (tertiary/aromatic N) is 2. The van der Waals surface area contributed by atoms with Crippen molar-refractivity contribution in [2.24, 2.45) is 7.05 Å². The van der Waals surface area contributed by atoms with Crippen LogP contribution in [-0.4, -0.2) is 16.3 Å². The standard InChI is InChI=1S/C27H37N2O2/c1-3-4-5-6-7-8-15-22-31-23-29-21-20-28(2)26(29)27(30,24-16-11-9-12-17-24)25-18-13-10-14-19-25/h9-14,16-21,30H,3-8,15,22-23H2,1-2H3/q+1. The summed E-state index contributed by atoms with van der Waals surface area (Å²) in [5.74, 6) is 0.782. The van der Waals surface area contributed by atoms with Crippen LogP contribution in [0.15, 0.2) is 73.1 Å². The average Bonchev–Trinajstić information content (AvgIpc) is 3.19. The van der Waals surface area contributed by atoms with Gasteiger partial charge < -0.3 is 9.84 Å². The second kappa shape index (κ2) is 11.8. The Morgan fingerprint density at radius 3 is 1.97 bits per heavy atom. The van der Waals surface area contributed by atoms with Crippen molar-refractivity contribution >= 4 is 0 Å². The number of hydrogen-bond donors (Lipinski definition) is 1. The molecular formula is C27H37N2O2+. The molecular weight excluding hydrogens is 384 g/mol. The summed E-state index contributed by atoms with van der Waals surface area (Å²) in [6, 6.07) is 19.7. The molecule has 0 fully saturated rings. The Morgan fingerprint density at radius 2 is 1.39 bits per heavy atom. The molecule has 0 saturated carbocycles. The smallest absolute Gasteiger partial charge is 0.300 e. The molecule has 0 aliphatic rings. The van der Waals surface area contributed by atoms with Crippen LogP contribution in [0.2, 0.25) is 0 Å². The number of imidazole rings is 1. The van der Waals surface area contributed by atoms with Crippen LogP contribution in [0.5, 0.6) is 0 Å². The lowest BCUT2D eigenvalue weighted by Crippen LogP contribution is -2.45. The van der Waals surface area contributed by atoms with Crippen molar-refractivity contribution in [1.29, 1.82) is 0 Å². The predicted molar refractivity (Wildman–Crippen MR) is 125 cm³/mol. The van der Waals surface area contributed by atoms with Gasteiger partial charge in [0.25, 0.3) is 5.82 Å². The van der Waals surface area contributed by atoms with Gasteiger partial charge in [-0.1, -0.05) is 106 Å². The largest absolute Gasteiger partial charge is 0.370 e. The zero-order chi connectivity index (χ0) is 21.9. The van der Waals surface area contributed by atoms with Gasteiger partial charge >= 0.3 is 0 Å². The third kappa shape index (κ3) is 5.84. The molecule has 0 amide bonds. The molecule has 0 spiro atoms. The van der Waals surface area contributed by atoms with E-state index in [1.807, 2.05) is 89.2 Å². The van der Waals surface area contributed by atoms with Gasteiger partial charge in [-0.2, -0.15) is 0 Å². The van der Waals surface area contributed by atoms with Crippen molar-refractivity contribution in [2.75, 3.05) is 6.61 Å². The number of ether oxygens (including phenoxy) is 1. The predicted octanol–water partition coefficient (Wildman–Crippen LogP) is 5.32. The summed E-state index contributed by atoms with van der Waals surface area (Å²) in [4.78, 5) is 0. The summed E-state index contributed by atoms with van der Waals surface area (Å²) in [7, 11) is 1.97. The van der Waals surface area contributed by atoms with Crippen LogP contribution in [0.3, 0.4) is 0 Å². The van der Waals surface area contributed by atoms with Gasteiger partial charge in [0.1, 0.15) is 12.4 Å². The van der Waals surface area contributed by atoms with Gasteiger partial charge in [-0.3, -0.25) is 0 Å². The van der Waals surface area contributed by atoms with Crippen LogP contribution in [0.1, 0.15) is 68.8 Å². The van der Waals surface area contributed by atoms with Gasteiger partial charge in [0.15, 0.2) is 6.73 Å². The SMILES string of the molecule is CCCCCCCCCOCn1cc[n+](C)c1C(O)(c1ccccc1)c1ccccc1. The molecule has 166 valence electrons. The van der Waals surface area contributed by atoms with Gasteiger partial charge in [-0.05, 0) is 6.42 Å². The zero-order valence-corrected chi connectivity index (χ0v) is 19.0. The van der Waals surface area contributed by atoms with Gasteiger partial charge in [-0.25, -0.2) is 9.13 Å². The number of aliphatic hydroxyl groups is 1. The number of benzene rings is 2. The normalized spacial score (nSPS) is 11.7. The first-order valence-electron chi connectivity index (χ1n) is 11.6. The summed E-state index contributed by atoms with van der Waals surface area (Å²) in [6.45, 7) is 3.41. The van der Waals surface area contributed by atoms with Crippen LogP contribution in [0, 0.1) is 0 Å². The lowest BCUT2D eigenvalue weighted by molar-refractivity contribution is -0.684. The van der Waals surface area contributed by atoms with E-state index in [-0.39, 0.29) is 0 Å². The van der Waals surface area contributed by atoms with E-state index in [1.165, 1.54) is 38.5 Å². The van der Waals surface area contributed by atoms with Gasteiger partial charge in [0.2, 0.25) is 5.60 Å². The number of aromatic nitrogens is 2. The van der Waals surface area contributed by atoms with Gasteiger partial charge in [0.05, 0.1) is 13.7 Å². The Bertz CT molecular complexity index is 851. The molecule has 1 aromatic heterocycles. The molecule has 0 saturated heterocycles. The number of aryl methyl sites for hydroxylation is 1. The molecule has 2 aromatic carbocycles. The van der Waals surface area contributed by atoms with E-state index < -0.39 is 5.60 Å². The van der Waals surface area contributed by atoms with Crippen molar-refractivity contribution in [2.45, 2.75) is 64.2 Å². The summed E-state index contributed by atoms with van der Waals surface area (Å²) < 4.78 is 10.0. The second-order valence-electron chi connectivity index (χ2n) is 8.30. The highest BCUT2D eigenvalue weighted by atomic mass is 16.5. The Morgan fingerprint density at radius 1 is 0.839 bits per heavy atom. The number of unbranched alkanes of at least 4 members (excludes halogenated alkanes) is 6. The summed E-state index contributed by atoms with van der Waals surface area (Å²) in [6.07, 6.45) is 12.8. The lowest BCUT2D eigenvalue weighted by atomic mass is 9.85. The number of rotatable bonds is 13. The monoisotopic (exact) mass is 421 g/mol. The van der Waals surface area contributed by atoms with Crippen molar-refractivity contribution in [3.8, 4) is 0 Å². The maximum atomic E-state index is 12.1. The molecule has 0 atom stereocenters. The van der Waals surface area contributed by atoms with Gasteiger partial charge in [-0.15, -0.1) is 0 Å². The van der Waals surface area contributed by atoms with Crippen LogP contribution in [-0.2, 0) is 24.1 Å². The molecule has 3 rings (SSSR count). The first-order chi connectivity index (χ1) is 15.2. The molecule has 1 heterocycles. The molecule has 0 aliphatic carbocycles. The van der Waals surface area contributed by atoms with Crippen LogP contribution < -0.4 is 4.57 Å². The molecule has 31 heavy (non-hydrogen) atoms. The minimum atomic E-state index is -1.27. The quantitative estimate of drug-likeness (QED) is 0.300. The third-order valence-corrected chi connectivity index (χ3v) is 5.91. The van der Waals surface area contributed by atoms with Crippen molar-refractivity contribution < 1.29 is 14.4 Å². The molecule has 1 N–H and O–H groups in total. The van der Waals surface area contributed by atoms with E-state index in [4.69, 9.17) is 4.74 Å². The third-order valence-electron chi connectivity index (χ3n) is 5.91. The summed E-state index contributed by atoms with van der Waals surface area (Å²) >= 11 is 0. The van der Waals surface area contributed by atoms with E-state index in [2.05, 4.69) is 6.92 Å². The van der Waals surface area contributed by atoms with Gasteiger partial charge in [0, 0.05) is 11.1 Å².